The van der Waals surface area contributed by atoms with Gasteiger partial charge in [0.05, 0.1) is 23.7 Å². The molecule has 6 rings (SSSR count). The van der Waals surface area contributed by atoms with Crippen LogP contribution in [-0.4, -0.2) is 48.8 Å². The van der Waals surface area contributed by atoms with E-state index in [1.54, 1.807) is 40.2 Å². The average Bonchev–Trinajstić information content (AvgIpc) is 3.55. The second-order valence-corrected chi connectivity index (χ2v) is 11.8. The third-order valence-electron chi connectivity index (χ3n) is 8.30. The molecule has 0 unspecified atom stereocenters. The molecule has 3 N–H and O–H groups in total. The molecule has 1 aliphatic rings. The van der Waals surface area contributed by atoms with Crippen molar-refractivity contribution >= 4 is 29.4 Å². The fourth-order valence-corrected chi connectivity index (χ4v) is 5.95. The van der Waals surface area contributed by atoms with Gasteiger partial charge in [-0.25, -0.2) is 19.7 Å². The van der Waals surface area contributed by atoms with Crippen LogP contribution in [0.5, 0.6) is 0 Å². The predicted molar refractivity (Wildman–Crippen MR) is 184 cm³/mol. The summed E-state index contributed by atoms with van der Waals surface area (Å²) in [7, 11) is 1.87. The van der Waals surface area contributed by atoms with E-state index in [0.29, 0.717) is 40.8 Å². The van der Waals surface area contributed by atoms with Gasteiger partial charge in [0, 0.05) is 67.4 Å². The number of nitriles is 1. The molecule has 1 fully saturated rings. The number of rotatable bonds is 9. The zero-order valence-electron chi connectivity index (χ0n) is 26.8. The van der Waals surface area contributed by atoms with E-state index in [-0.39, 0.29) is 24.0 Å². The lowest BCUT2D eigenvalue weighted by molar-refractivity contribution is -0.114. The van der Waals surface area contributed by atoms with Crippen molar-refractivity contribution in [3.8, 4) is 28.5 Å². The summed E-state index contributed by atoms with van der Waals surface area (Å²) >= 11 is 0. The number of nitrogens with one attached hydrogen (secondary N) is 3. The smallest absolute Gasteiger partial charge is 0.323 e. The van der Waals surface area contributed by atoms with Gasteiger partial charge in [0.15, 0.2) is 0 Å². The van der Waals surface area contributed by atoms with Crippen LogP contribution in [0.1, 0.15) is 43.7 Å². The van der Waals surface area contributed by atoms with Crippen molar-refractivity contribution in [2.45, 2.75) is 51.2 Å². The van der Waals surface area contributed by atoms with E-state index < -0.39 is 0 Å². The summed E-state index contributed by atoms with van der Waals surface area (Å²) in [6.07, 6.45) is 10.0. The van der Waals surface area contributed by atoms with Crippen LogP contribution in [0, 0.1) is 11.3 Å². The van der Waals surface area contributed by atoms with E-state index >= 15 is 0 Å². The van der Waals surface area contributed by atoms with E-state index in [4.69, 9.17) is 9.97 Å². The highest BCUT2D eigenvalue weighted by Gasteiger charge is 2.31. The van der Waals surface area contributed by atoms with Gasteiger partial charge in [-0.3, -0.25) is 14.4 Å². The van der Waals surface area contributed by atoms with Gasteiger partial charge in [0.25, 0.3) is 0 Å². The third-order valence-corrected chi connectivity index (χ3v) is 8.30. The van der Waals surface area contributed by atoms with Crippen LogP contribution in [0.2, 0.25) is 0 Å². The average molecular weight is 641 g/mol. The minimum absolute atomic E-state index is 0.0653. The molecule has 3 amide bonds. The molecule has 5 aromatic rings. The summed E-state index contributed by atoms with van der Waals surface area (Å²) in [5.74, 6) is 0.826. The van der Waals surface area contributed by atoms with Crippen molar-refractivity contribution < 1.29 is 9.59 Å². The molecule has 2 aromatic carbocycles. The Labute approximate surface area is 278 Å². The van der Waals surface area contributed by atoms with Crippen molar-refractivity contribution in [2.75, 3.05) is 15.5 Å². The first-order chi connectivity index (χ1) is 23.4. The van der Waals surface area contributed by atoms with Crippen molar-refractivity contribution in [1.29, 1.82) is 5.26 Å². The van der Waals surface area contributed by atoms with E-state index in [2.05, 4.69) is 32.1 Å². The van der Waals surface area contributed by atoms with Gasteiger partial charge in [0.1, 0.15) is 11.9 Å². The summed E-state index contributed by atoms with van der Waals surface area (Å²) in [4.78, 5) is 40.9. The Hall–Kier alpha value is -6.09. The van der Waals surface area contributed by atoms with Gasteiger partial charge in [-0.05, 0) is 55.5 Å². The highest BCUT2D eigenvalue weighted by molar-refractivity contribution is 5.92. The topological polar surface area (TPSA) is 154 Å². The number of benzene rings is 2. The number of amides is 3. The fraction of sp³-hybridized carbons (Fsp3) is 0.250. The minimum Gasteiger partial charge on any atom is -0.351 e. The summed E-state index contributed by atoms with van der Waals surface area (Å²) in [5, 5.41) is 23.3. The first-order valence-corrected chi connectivity index (χ1v) is 15.8. The molecule has 0 saturated heterocycles. The Morgan fingerprint density at radius 3 is 2.44 bits per heavy atom. The van der Waals surface area contributed by atoms with Gasteiger partial charge in [-0.2, -0.15) is 10.4 Å². The largest absolute Gasteiger partial charge is 0.351 e. The maximum Gasteiger partial charge on any atom is 0.323 e. The number of carbonyl (C=O) groups is 2. The zero-order chi connectivity index (χ0) is 33.5. The van der Waals surface area contributed by atoms with E-state index in [0.717, 1.165) is 42.4 Å². The van der Waals surface area contributed by atoms with Gasteiger partial charge >= 0.3 is 6.03 Å². The molecule has 48 heavy (non-hydrogen) atoms. The van der Waals surface area contributed by atoms with Crippen LogP contribution in [0.15, 0.2) is 91.5 Å². The van der Waals surface area contributed by atoms with Crippen LogP contribution >= 0.6 is 0 Å². The van der Waals surface area contributed by atoms with Crippen molar-refractivity contribution in [3.63, 3.8) is 0 Å². The number of anilines is 3. The fourth-order valence-electron chi connectivity index (χ4n) is 5.95. The minimum atomic E-state index is -0.196. The molecule has 0 spiro atoms. The number of hydrogen-bond acceptors (Lipinski definition) is 8. The Morgan fingerprint density at radius 2 is 1.75 bits per heavy atom. The second-order valence-electron chi connectivity index (χ2n) is 11.8. The number of nitrogens with zero attached hydrogens (tertiary/aromatic N) is 7. The molecule has 12 nitrogen and oxygen atoms in total. The molecule has 0 radical (unpaired) electrons. The van der Waals surface area contributed by atoms with Crippen LogP contribution in [0.3, 0.4) is 0 Å². The first-order valence-electron chi connectivity index (χ1n) is 15.8. The third kappa shape index (κ3) is 7.64. The van der Waals surface area contributed by atoms with Gasteiger partial charge in [-0.15, -0.1) is 0 Å². The lowest BCUT2D eigenvalue weighted by Crippen LogP contribution is -2.49. The first kappa shape index (κ1) is 31.9. The molecule has 0 bridgehead atoms. The number of aryl methyl sites for hydroxylation is 1. The standard InChI is InChI=1S/C36H36N10O2/c1-24(47)42-31-10-6-9-26(17-31)34-28(18-37)21-39-35(44-34)43-30-12-14-32(15-13-30)46(36(48)40-19-25-7-4-3-5-8-25)33-16-11-27(20-38-33)29-22-41-45(2)23-29/h3-11,16-17,20-23,30,32H,12-15,19H2,1-2H3,(H,40,48)(H,42,47)(H,39,43,44). The van der Waals surface area contributed by atoms with E-state index in [9.17, 15) is 14.9 Å². The van der Waals surface area contributed by atoms with Crippen LogP contribution in [0.4, 0.5) is 22.2 Å². The Morgan fingerprint density at radius 1 is 0.938 bits per heavy atom. The van der Waals surface area contributed by atoms with E-state index in [1.165, 1.54) is 13.1 Å². The molecule has 3 aromatic heterocycles. The van der Waals surface area contributed by atoms with Crippen LogP contribution in [0.25, 0.3) is 22.4 Å². The molecular weight excluding hydrogens is 604 g/mol. The summed E-state index contributed by atoms with van der Waals surface area (Å²) in [6, 6.07) is 22.9. The zero-order valence-corrected chi connectivity index (χ0v) is 26.8. The lowest BCUT2D eigenvalue weighted by Gasteiger charge is -2.36. The molecule has 1 aliphatic carbocycles. The monoisotopic (exact) mass is 640 g/mol. The second kappa shape index (κ2) is 14.6. The van der Waals surface area contributed by atoms with Crippen molar-refractivity contribution in [1.82, 2.24) is 30.0 Å². The number of pyridine rings is 1. The summed E-state index contributed by atoms with van der Waals surface area (Å²) < 4.78 is 1.74. The number of carbonyl (C=O) groups excluding carboxylic acids is 2. The van der Waals surface area contributed by atoms with E-state index in [1.807, 2.05) is 61.8 Å². The van der Waals surface area contributed by atoms with Gasteiger partial charge in [-0.1, -0.05) is 42.5 Å². The Kier molecular flexibility index (Phi) is 9.67. The molecular formula is C36H36N10O2. The van der Waals surface area contributed by atoms with Gasteiger partial charge < -0.3 is 16.0 Å². The number of aromatic nitrogens is 5. The number of hydrogen-bond donors (Lipinski definition) is 3. The predicted octanol–water partition coefficient (Wildman–Crippen LogP) is 5.91. The molecule has 3 heterocycles. The maximum absolute atomic E-state index is 13.7. The SMILES string of the molecule is CC(=O)Nc1cccc(-c2nc(NC3CCC(N(C(=O)NCc4ccccc4)c4ccc(-c5cnn(C)c5)cn4)CC3)ncc2C#N)c1. The lowest BCUT2D eigenvalue weighted by atomic mass is 9.90. The van der Waals surface area contributed by atoms with Gasteiger partial charge in [0.2, 0.25) is 11.9 Å². The molecule has 0 aliphatic heterocycles. The van der Waals surface area contributed by atoms with Crippen molar-refractivity contribution in [3.05, 3.63) is 103 Å². The summed E-state index contributed by atoms with van der Waals surface area (Å²) in [5.41, 5.74) is 5.04. The molecule has 1 saturated carbocycles. The molecule has 0 atom stereocenters. The normalized spacial score (nSPS) is 15.6. The Bertz CT molecular complexity index is 1930. The van der Waals surface area contributed by atoms with Crippen LogP contribution in [-0.2, 0) is 18.4 Å². The molecule has 242 valence electrons. The number of urea groups is 1. The Balaban J connectivity index is 1.17. The van der Waals surface area contributed by atoms with Crippen LogP contribution < -0.4 is 20.9 Å². The summed E-state index contributed by atoms with van der Waals surface area (Å²) in [6.45, 7) is 1.86. The van der Waals surface area contributed by atoms with Crippen molar-refractivity contribution in [2.24, 2.45) is 7.05 Å². The highest BCUT2D eigenvalue weighted by atomic mass is 16.2. The maximum atomic E-state index is 13.7. The quantitative estimate of drug-likeness (QED) is 0.180. The highest BCUT2D eigenvalue weighted by Crippen LogP contribution is 2.30. The molecule has 12 heteroatoms.